The molecule has 1 aromatic rings. The van der Waals surface area contributed by atoms with E-state index >= 15 is 0 Å². The number of esters is 1. The molecule has 2 rings (SSSR count). The maximum atomic E-state index is 12.5. The zero-order valence-electron chi connectivity index (χ0n) is 14.4. The molecule has 0 aliphatic heterocycles. The Morgan fingerprint density at radius 2 is 1.83 bits per heavy atom. The van der Waals surface area contributed by atoms with Gasteiger partial charge in [0.1, 0.15) is 0 Å². The molecule has 1 aromatic carbocycles. The van der Waals surface area contributed by atoms with Gasteiger partial charge in [-0.1, -0.05) is 37.3 Å². The maximum absolute atomic E-state index is 12.5. The number of benzene rings is 1. The first kappa shape index (κ1) is 18.2. The Kier molecular flexibility index (Phi) is 6.53. The zero-order chi connectivity index (χ0) is 17.5. The Morgan fingerprint density at radius 1 is 1.17 bits per heavy atom. The van der Waals surface area contributed by atoms with Crippen molar-refractivity contribution in [2.75, 3.05) is 13.2 Å². The van der Waals surface area contributed by atoms with Crippen LogP contribution in [0.1, 0.15) is 49.9 Å². The highest BCUT2D eigenvalue weighted by Gasteiger charge is 2.34. The van der Waals surface area contributed by atoms with Crippen LogP contribution in [0.15, 0.2) is 30.3 Å². The molecule has 1 fully saturated rings. The number of carbonyl (C=O) groups is 3. The predicted octanol–water partition coefficient (Wildman–Crippen LogP) is 2.84. The standard InChI is InChI=1S/C19H25NO4/c1-3-24-19(23)14(2)13-20(16-9-10-16)18(22)12-11-17(21)15-7-5-4-6-8-15/h4-8,14,16H,3,9-13H2,1-2H3. The van der Waals surface area contributed by atoms with Crippen LogP contribution in [0.5, 0.6) is 0 Å². The number of ether oxygens (including phenoxy) is 1. The lowest BCUT2D eigenvalue weighted by molar-refractivity contribution is -0.149. The average molecular weight is 331 g/mol. The lowest BCUT2D eigenvalue weighted by Gasteiger charge is -2.25. The Hall–Kier alpha value is -2.17. The molecule has 0 spiro atoms. The summed E-state index contributed by atoms with van der Waals surface area (Å²) in [5.74, 6) is -0.716. The highest BCUT2D eigenvalue weighted by Crippen LogP contribution is 2.28. The minimum absolute atomic E-state index is 0.0295. The molecular weight excluding hydrogens is 306 g/mol. The first-order valence-corrected chi connectivity index (χ1v) is 8.57. The monoisotopic (exact) mass is 331 g/mol. The van der Waals surface area contributed by atoms with Crippen LogP contribution in [0.25, 0.3) is 0 Å². The van der Waals surface area contributed by atoms with Crippen LogP contribution in [0.4, 0.5) is 0 Å². The van der Waals surface area contributed by atoms with Crippen LogP contribution in [-0.2, 0) is 14.3 Å². The molecule has 0 N–H and O–H groups in total. The SMILES string of the molecule is CCOC(=O)C(C)CN(C(=O)CCC(=O)c1ccccc1)C1CC1. The topological polar surface area (TPSA) is 63.7 Å². The molecule has 0 saturated heterocycles. The van der Waals surface area contributed by atoms with Crippen LogP contribution in [-0.4, -0.2) is 41.8 Å². The Labute approximate surface area is 143 Å². The Morgan fingerprint density at radius 3 is 2.42 bits per heavy atom. The van der Waals surface area contributed by atoms with Crippen molar-refractivity contribution in [2.45, 2.75) is 45.6 Å². The summed E-state index contributed by atoms with van der Waals surface area (Å²) in [5, 5.41) is 0. The van der Waals surface area contributed by atoms with Gasteiger partial charge in [0.25, 0.3) is 0 Å². The van der Waals surface area contributed by atoms with Gasteiger partial charge in [-0.3, -0.25) is 14.4 Å². The minimum atomic E-state index is -0.348. The van der Waals surface area contributed by atoms with Gasteiger partial charge in [-0.15, -0.1) is 0 Å². The number of amides is 1. The van der Waals surface area contributed by atoms with Crippen molar-refractivity contribution in [3.63, 3.8) is 0 Å². The second kappa shape index (κ2) is 8.62. The van der Waals surface area contributed by atoms with Gasteiger partial charge in [0.05, 0.1) is 12.5 Å². The maximum Gasteiger partial charge on any atom is 0.310 e. The van der Waals surface area contributed by atoms with E-state index in [-0.39, 0.29) is 42.5 Å². The summed E-state index contributed by atoms with van der Waals surface area (Å²) in [6.45, 7) is 4.24. The molecule has 1 aliphatic carbocycles. The second-order valence-corrected chi connectivity index (χ2v) is 6.22. The number of ketones is 1. The van der Waals surface area contributed by atoms with Crippen molar-refractivity contribution >= 4 is 17.7 Å². The van der Waals surface area contributed by atoms with Gasteiger partial charge < -0.3 is 9.64 Å². The van der Waals surface area contributed by atoms with Gasteiger partial charge in [0.15, 0.2) is 5.78 Å². The van der Waals surface area contributed by atoms with E-state index < -0.39 is 0 Å². The average Bonchev–Trinajstić information content (AvgIpc) is 3.42. The largest absolute Gasteiger partial charge is 0.466 e. The normalized spacial score (nSPS) is 14.8. The molecule has 5 nitrogen and oxygen atoms in total. The molecule has 1 saturated carbocycles. The highest BCUT2D eigenvalue weighted by atomic mass is 16.5. The van der Waals surface area contributed by atoms with E-state index in [2.05, 4.69) is 0 Å². The van der Waals surface area contributed by atoms with Gasteiger partial charge in [0.2, 0.25) is 5.91 Å². The number of nitrogens with zero attached hydrogens (tertiary/aromatic N) is 1. The zero-order valence-corrected chi connectivity index (χ0v) is 14.4. The van der Waals surface area contributed by atoms with E-state index in [4.69, 9.17) is 4.74 Å². The molecule has 1 aliphatic rings. The fraction of sp³-hybridized carbons (Fsp3) is 0.526. The summed E-state index contributed by atoms with van der Waals surface area (Å²) >= 11 is 0. The number of hydrogen-bond donors (Lipinski definition) is 0. The summed E-state index contributed by atoms with van der Waals surface area (Å²) in [4.78, 5) is 38.2. The molecule has 1 amide bonds. The first-order valence-electron chi connectivity index (χ1n) is 8.57. The molecule has 1 atom stereocenters. The number of rotatable bonds is 9. The van der Waals surface area contributed by atoms with Crippen LogP contribution < -0.4 is 0 Å². The fourth-order valence-electron chi connectivity index (χ4n) is 2.63. The van der Waals surface area contributed by atoms with Crippen molar-refractivity contribution in [1.82, 2.24) is 4.90 Å². The predicted molar refractivity (Wildman–Crippen MR) is 90.5 cm³/mol. The van der Waals surface area contributed by atoms with E-state index in [1.165, 1.54) is 0 Å². The summed E-state index contributed by atoms with van der Waals surface area (Å²) in [6, 6.07) is 9.20. The summed E-state index contributed by atoms with van der Waals surface area (Å²) in [5.41, 5.74) is 0.628. The third-order valence-corrected chi connectivity index (χ3v) is 4.13. The molecule has 130 valence electrons. The van der Waals surface area contributed by atoms with Crippen LogP contribution >= 0.6 is 0 Å². The summed E-state index contributed by atoms with van der Waals surface area (Å²) in [6.07, 6.45) is 2.31. The van der Waals surface area contributed by atoms with E-state index in [0.29, 0.717) is 18.7 Å². The quantitative estimate of drug-likeness (QED) is 0.515. The lowest BCUT2D eigenvalue weighted by Crippen LogP contribution is -2.39. The van der Waals surface area contributed by atoms with Gasteiger partial charge in [-0.05, 0) is 19.8 Å². The van der Waals surface area contributed by atoms with Gasteiger partial charge in [0, 0.05) is 31.0 Å². The molecular formula is C19H25NO4. The molecule has 1 unspecified atom stereocenters. The van der Waals surface area contributed by atoms with Crippen molar-refractivity contribution in [3.8, 4) is 0 Å². The Balaban J connectivity index is 1.88. The number of Topliss-reactive ketones (excluding diaryl/α,β-unsaturated/α-hetero) is 1. The van der Waals surface area contributed by atoms with Crippen LogP contribution in [0.3, 0.4) is 0 Å². The van der Waals surface area contributed by atoms with E-state index in [1.54, 1.807) is 30.9 Å². The summed E-state index contributed by atoms with van der Waals surface area (Å²) < 4.78 is 5.01. The van der Waals surface area contributed by atoms with Crippen LogP contribution in [0.2, 0.25) is 0 Å². The van der Waals surface area contributed by atoms with Gasteiger partial charge in [-0.25, -0.2) is 0 Å². The summed E-state index contributed by atoms with van der Waals surface area (Å²) in [7, 11) is 0. The van der Waals surface area contributed by atoms with E-state index in [9.17, 15) is 14.4 Å². The smallest absolute Gasteiger partial charge is 0.310 e. The minimum Gasteiger partial charge on any atom is -0.466 e. The van der Waals surface area contributed by atoms with Crippen molar-refractivity contribution in [3.05, 3.63) is 35.9 Å². The van der Waals surface area contributed by atoms with Crippen LogP contribution in [0, 0.1) is 5.92 Å². The molecule has 5 heteroatoms. The van der Waals surface area contributed by atoms with Gasteiger partial charge >= 0.3 is 5.97 Å². The Bertz CT molecular complexity index is 580. The van der Waals surface area contributed by atoms with Crippen molar-refractivity contribution in [1.29, 1.82) is 0 Å². The molecule has 0 heterocycles. The second-order valence-electron chi connectivity index (χ2n) is 6.22. The molecule has 24 heavy (non-hydrogen) atoms. The highest BCUT2D eigenvalue weighted by molar-refractivity contribution is 5.98. The van der Waals surface area contributed by atoms with Gasteiger partial charge in [-0.2, -0.15) is 0 Å². The van der Waals surface area contributed by atoms with Crippen molar-refractivity contribution in [2.24, 2.45) is 5.92 Å². The molecule has 0 aromatic heterocycles. The molecule has 0 bridgehead atoms. The number of carbonyl (C=O) groups excluding carboxylic acids is 3. The van der Waals surface area contributed by atoms with Crippen molar-refractivity contribution < 1.29 is 19.1 Å². The number of hydrogen-bond acceptors (Lipinski definition) is 4. The molecule has 0 radical (unpaired) electrons. The fourth-order valence-corrected chi connectivity index (χ4v) is 2.63. The lowest BCUT2D eigenvalue weighted by atomic mass is 10.1. The van der Waals surface area contributed by atoms with E-state index in [1.807, 2.05) is 18.2 Å². The first-order chi connectivity index (χ1) is 11.5. The van der Waals surface area contributed by atoms with E-state index in [0.717, 1.165) is 12.8 Å². The third-order valence-electron chi connectivity index (χ3n) is 4.13. The third kappa shape index (κ3) is 5.18.